The number of halogens is 1. The fraction of sp³-hybridized carbons (Fsp3) is 1.00. The molecule has 372 valence electrons. The van der Waals surface area contributed by atoms with Gasteiger partial charge in [-0.15, -0.1) is 0 Å². The molecule has 0 aromatic carbocycles. The molecule has 0 unspecified atom stereocenters. The van der Waals surface area contributed by atoms with Crippen LogP contribution in [-0.4, -0.2) is 126 Å². The normalized spacial score (nSPS) is 15.3. The number of alkyl halides is 1. The Hall–Kier alpha value is -0.350. The molecule has 0 saturated heterocycles. The van der Waals surface area contributed by atoms with Crippen LogP contribution in [0.15, 0.2) is 0 Å². The first-order valence-electron chi connectivity index (χ1n) is 23.5. The van der Waals surface area contributed by atoms with Gasteiger partial charge in [0.15, 0.2) is 0 Å². The van der Waals surface area contributed by atoms with Gasteiger partial charge >= 0.3 is 0 Å². The predicted molar refractivity (Wildman–Crippen MR) is 272 cm³/mol. The van der Waals surface area contributed by atoms with Gasteiger partial charge in [0.1, 0.15) is 5.67 Å². The van der Waals surface area contributed by atoms with Crippen molar-refractivity contribution in [3.63, 3.8) is 0 Å². The molecular formula is C52H119FN4O3. The van der Waals surface area contributed by atoms with Crippen LogP contribution in [0.5, 0.6) is 0 Å². The number of rotatable bonds is 5. The lowest BCUT2D eigenvalue weighted by atomic mass is 10.1. The van der Waals surface area contributed by atoms with Gasteiger partial charge in [-0.3, -0.25) is 9.80 Å². The lowest BCUT2D eigenvalue weighted by Gasteiger charge is -2.33. The first-order valence-corrected chi connectivity index (χ1v) is 23.5. The highest BCUT2D eigenvalue weighted by Crippen LogP contribution is 2.30. The van der Waals surface area contributed by atoms with Crippen LogP contribution in [-0.2, 0) is 14.2 Å². The predicted octanol–water partition coefficient (Wildman–Crippen LogP) is 14.5. The third-order valence-corrected chi connectivity index (χ3v) is 8.98. The van der Waals surface area contributed by atoms with Crippen molar-refractivity contribution in [1.29, 1.82) is 0 Å². The number of methoxy groups -OCH3 is 1. The fourth-order valence-corrected chi connectivity index (χ4v) is 4.40. The van der Waals surface area contributed by atoms with E-state index in [4.69, 9.17) is 14.2 Å². The van der Waals surface area contributed by atoms with Gasteiger partial charge < -0.3 is 24.4 Å². The fourth-order valence-electron chi connectivity index (χ4n) is 4.40. The minimum absolute atomic E-state index is 0.0220. The van der Waals surface area contributed by atoms with E-state index < -0.39 is 5.67 Å². The summed E-state index contributed by atoms with van der Waals surface area (Å²) < 4.78 is 27.9. The molecule has 60 heavy (non-hydrogen) atoms. The highest BCUT2D eigenvalue weighted by molar-refractivity contribution is 4.89. The SMILES string of the molecule is CC(C)(C)F.CC(C)(C)OC1CCCC1.CC(C)OC(C)(C)C.CCN(CC)C(C)(C)C.CN(C)C(C)(C)C.CN(C1CC1)C(C)(C)C.CNC(C)(C)C.COC(C)(C)C. The van der Waals surface area contributed by atoms with E-state index in [1.165, 1.54) is 59.3 Å². The van der Waals surface area contributed by atoms with E-state index >= 15 is 0 Å². The van der Waals surface area contributed by atoms with E-state index in [0.717, 1.165) is 19.1 Å². The summed E-state index contributed by atoms with van der Waals surface area (Å²) >= 11 is 0. The summed E-state index contributed by atoms with van der Waals surface area (Å²) in [4.78, 5) is 7.09. The molecular weight excluding hydrogens is 748 g/mol. The summed E-state index contributed by atoms with van der Waals surface area (Å²) in [7, 11) is 10.1. The smallest absolute Gasteiger partial charge is 0.102 e. The summed E-state index contributed by atoms with van der Waals surface area (Å²) in [5.41, 5.74) is 0.480. The lowest BCUT2D eigenvalue weighted by Crippen LogP contribution is -2.40. The summed E-state index contributed by atoms with van der Waals surface area (Å²) in [6, 6.07) is 0.894. The van der Waals surface area contributed by atoms with Crippen molar-refractivity contribution >= 4 is 0 Å². The average molecular weight is 868 g/mol. The maximum atomic E-state index is 11.7. The maximum Gasteiger partial charge on any atom is 0.102 e. The van der Waals surface area contributed by atoms with Crippen molar-refractivity contribution in [3.05, 3.63) is 0 Å². The van der Waals surface area contributed by atoms with E-state index in [9.17, 15) is 4.39 Å². The molecule has 1 N–H and O–H groups in total. The van der Waals surface area contributed by atoms with Gasteiger partial charge in [-0.1, -0.05) is 26.7 Å². The second-order valence-corrected chi connectivity index (χ2v) is 24.7. The van der Waals surface area contributed by atoms with Gasteiger partial charge in [0, 0.05) is 35.3 Å². The van der Waals surface area contributed by atoms with Crippen LogP contribution in [0.3, 0.4) is 0 Å². The Balaban J connectivity index is -0.000000140. The molecule has 7 nitrogen and oxygen atoms in total. The highest BCUT2D eigenvalue weighted by atomic mass is 19.1. The monoisotopic (exact) mass is 867 g/mol. The van der Waals surface area contributed by atoms with Crippen molar-refractivity contribution in [2.75, 3.05) is 48.4 Å². The van der Waals surface area contributed by atoms with Crippen LogP contribution in [0.1, 0.15) is 232 Å². The number of nitrogens with zero attached hydrogens (tertiary/aromatic N) is 3. The van der Waals surface area contributed by atoms with Crippen LogP contribution in [0.25, 0.3) is 0 Å². The van der Waals surface area contributed by atoms with E-state index in [0.29, 0.717) is 34.4 Å². The van der Waals surface area contributed by atoms with Crippen LogP contribution >= 0.6 is 0 Å². The van der Waals surface area contributed by atoms with Gasteiger partial charge in [-0.2, -0.15) is 0 Å². The zero-order chi connectivity index (χ0) is 49.9. The zero-order valence-corrected chi connectivity index (χ0v) is 47.8. The molecule has 0 atom stereocenters. The molecule has 0 bridgehead atoms. The quantitative estimate of drug-likeness (QED) is 0.295. The Morgan fingerprint density at radius 2 is 0.867 bits per heavy atom. The standard InChI is InChI=1S/C9H18O.C8H17N.C8H19N.C7H16O.C6H15N.C5H13N.C5H12O.C4H9F/c1-9(2,3)10-8-6-4-5-7-8;1-8(2,3)9(4)7-5-6-7;1-6-9(7-2)8(3,4)5;1-6(2)8-7(3,4)5;1-6(2,3)7(4)5;2*1-5(2,3)6-4;1-4(2,3)5/h8H,4-7H2,1-3H3;7H,5-6H2,1-4H3;6-7H2,1-5H3;6H,1-5H3;1-5H3;6H,1-4H3;1-4H3;1-3H3. The first kappa shape index (κ1) is 71.3. The van der Waals surface area contributed by atoms with E-state index in [1.807, 2.05) is 41.7 Å². The van der Waals surface area contributed by atoms with Crippen molar-refractivity contribution in [2.24, 2.45) is 0 Å². The molecule has 2 saturated carbocycles. The molecule has 2 rings (SSSR count). The largest absolute Gasteiger partial charge is 0.379 e. The number of hydrogen-bond acceptors (Lipinski definition) is 7. The van der Waals surface area contributed by atoms with Crippen molar-refractivity contribution in [2.45, 2.75) is 295 Å². The van der Waals surface area contributed by atoms with E-state index in [1.54, 1.807) is 7.11 Å². The van der Waals surface area contributed by atoms with Gasteiger partial charge in [-0.05, 0) is 247 Å². The van der Waals surface area contributed by atoms with Crippen LogP contribution < -0.4 is 5.32 Å². The summed E-state index contributed by atoms with van der Waals surface area (Å²) in [5, 5.41) is 3.10. The Morgan fingerprint density at radius 1 is 0.567 bits per heavy atom. The molecule has 0 aromatic heterocycles. The molecule has 0 amide bonds. The van der Waals surface area contributed by atoms with Gasteiger partial charge in [0.2, 0.25) is 0 Å². The Bertz CT molecular complexity index is 900. The first-order chi connectivity index (χ1) is 26.1. The minimum Gasteiger partial charge on any atom is -0.379 e. The molecule has 2 aliphatic carbocycles. The maximum absolute atomic E-state index is 11.7. The lowest BCUT2D eigenvalue weighted by molar-refractivity contribution is -0.0558. The van der Waals surface area contributed by atoms with Crippen molar-refractivity contribution < 1.29 is 18.6 Å². The molecule has 0 aromatic rings. The zero-order valence-electron chi connectivity index (χ0n) is 47.8. The van der Waals surface area contributed by atoms with Crippen LogP contribution in [0.2, 0.25) is 0 Å². The Labute approximate surface area is 381 Å². The Kier molecular flexibility index (Phi) is 38.4. The second-order valence-electron chi connectivity index (χ2n) is 24.7. The van der Waals surface area contributed by atoms with Gasteiger partial charge in [0.05, 0.1) is 29.0 Å². The molecule has 0 heterocycles. The molecule has 2 fully saturated rings. The highest BCUT2D eigenvalue weighted by Gasteiger charge is 2.32. The summed E-state index contributed by atoms with van der Waals surface area (Å²) in [5.74, 6) is 0. The van der Waals surface area contributed by atoms with Crippen LogP contribution in [0.4, 0.5) is 4.39 Å². The number of ether oxygens (including phenoxy) is 3. The molecule has 0 radical (unpaired) electrons. The minimum atomic E-state index is -1.00. The third-order valence-electron chi connectivity index (χ3n) is 8.98. The van der Waals surface area contributed by atoms with Gasteiger partial charge in [-0.25, -0.2) is 4.39 Å². The van der Waals surface area contributed by atoms with Crippen molar-refractivity contribution in [3.8, 4) is 0 Å². The van der Waals surface area contributed by atoms with Gasteiger partial charge in [0.25, 0.3) is 0 Å². The summed E-state index contributed by atoms with van der Waals surface area (Å²) in [6.07, 6.45) is 8.99. The molecule has 0 spiro atoms. The van der Waals surface area contributed by atoms with Crippen molar-refractivity contribution in [1.82, 2.24) is 20.0 Å². The van der Waals surface area contributed by atoms with Crippen LogP contribution in [0, 0.1) is 0 Å². The topological polar surface area (TPSA) is 49.4 Å². The van der Waals surface area contributed by atoms with E-state index in [-0.39, 0.29) is 16.8 Å². The third kappa shape index (κ3) is 69.4. The molecule has 2 aliphatic rings. The number of hydrogen-bond donors (Lipinski definition) is 1. The average Bonchev–Trinajstić information content (AvgIpc) is 3.70. The summed E-state index contributed by atoms with van der Waals surface area (Å²) in [6.45, 7) is 60.5. The number of nitrogens with one attached hydrogen (secondary N) is 1. The van der Waals surface area contributed by atoms with E-state index in [2.05, 4.69) is 180 Å². The molecule has 8 heteroatoms. The molecule has 0 aliphatic heterocycles. The Morgan fingerprint density at radius 3 is 0.950 bits per heavy atom. The second kappa shape index (κ2) is 32.3.